The highest BCUT2D eigenvalue weighted by atomic mass is 32.1. The van der Waals surface area contributed by atoms with Crippen LogP contribution in [0, 0.1) is 6.92 Å². The van der Waals surface area contributed by atoms with Crippen LogP contribution in [0.15, 0.2) is 47.6 Å². The number of benzene rings is 2. The summed E-state index contributed by atoms with van der Waals surface area (Å²) in [4.78, 5) is 0. The molecule has 0 aromatic heterocycles. The molecule has 0 spiro atoms. The molecule has 1 aliphatic heterocycles. The highest BCUT2D eigenvalue weighted by molar-refractivity contribution is 7.80. The number of nitrogens with zero attached hydrogens (tertiary/aromatic N) is 1. The Kier molecular flexibility index (Phi) is 4.96. The molecule has 3 rings (SSSR count). The molecule has 5 nitrogen and oxygen atoms in total. The van der Waals surface area contributed by atoms with Crippen LogP contribution in [0.25, 0.3) is 0 Å². The maximum Gasteiger partial charge on any atom is 0.191 e. The number of aryl methyl sites for hydroxylation is 1. The zero-order chi connectivity index (χ0) is 16.9. The molecule has 1 aliphatic rings. The van der Waals surface area contributed by atoms with E-state index in [1.165, 1.54) is 0 Å². The van der Waals surface area contributed by atoms with Gasteiger partial charge in [-0.25, -0.2) is 0 Å². The lowest BCUT2D eigenvalue weighted by atomic mass is 10.1. The van der Waals surface area contributed by atoms with Gasteiger partial charge in [0.05, 0.1) is 5.71 Å². The Morgan fingerprint density at radius 2 is 1.83 bits per heavy atom. The molecule has 0 saturated carbocycles. The lowest BCUT2D eigenvalue weighted by Gasteiger charge is -2.18. The van der Waals surface area contributed by atoms with E-state index in [9.17, 15) is 0 Å². The van der Waals surface area contributed by atoms with Gasteiger partial charge in [0.25, 0.3) is 0 Å². The SMILES string of the molecule is C/C(=N/NC(=S)Nc1ccccc1C)c1ccc2c(c1)OCCO2. The van der Waals surface area contributed by atoms with Crippen LogP contribution in [-0.2, 0) is 0 Å². The summed E-state index contributed by atoms with van der Waals surface area (Å²) in [6.07, 6.45) is 0. The smallest absolute Gasteiger partial charge is 0.191 e. The monoisotopic (exact) mass is 341 g/mol. The van der Waals surface area contributed by atoms with Gasteiger partial charge in [-0.3, -0.25) is 5.43 Å². The second-order valence-corrected chi connectivity index (χ2v) is 5.84. The van der Waals surface area contributed by atoms with Crippen LogP contribution in [-0.4, -0.2) is 24.0 Å². The zero-order valence-electron chi connectivity index (χ0n) is 13.6. The molecule has 0 radical (unpaired) electrons. The van der Waals surface area contributed by atoms with E-state index in [1.807, 2.05) is 56.3 Å². The third-order valence-corrected chi connectivity index (χ3v) is 3.87. The largest absolute Gasteiger partial charge is 0.486 e. The Morgan fingerprint density at radius 3 is 2.62 bits per heavy atom. The average Bonchev–Trinajstić information content (AvgIpc) is 2.61. The second-order valence-electron chi connectivity index (χ2n) is 5.44. The Morgan fingerprint density at radius 1 is 1.08 bits per heavy atom. The van der Waals surface area contributed by atoms with Crippen molar-refractivity contribution in [2.45, 2.75) is 13.8 Å². The number of hydrogen-bond acceptors (Lipinski definition) is 4. The van der Waals surface area contributed by atoms with E-state index in [4.69, 9.17) is 21.7 Å². The number of hydrazone groups is 1. The molecular weight excluding hydrogens is 322 g/mol. The van der Waals surface area contributed by atoms with Gasteiger partial charge in [-0.2, -0.15) is 5.10 Å². The third kappa shape index (κ3) is 3.83. The number of para-hydroxylation sites is 1. The molecule has 6 heteroatoms. The van der Waals surface area contributed by atoms with Gasteiger partial charge in [0.1, 0.15) is 13.2 Å². The van der Waals surface area contributed by atoms with Gasteiger partial charge in [-0.05, 0) is 55.9 Å². The first-order chi connectivity index (χ1) is 11.6. The first-order valence-corrected chi connectivity index (χ1v) is 8.11. The Bertz CT molecular complexity index is 790. The summed E-state index contributed by atoms with van der Waals surface area (Å²) in [5, 5.41) is 7.92. The van der Waals surface area contributed by atoms with Crippen molar-refractivity contribution in [2.24, 2.45) is 5.10 Å². The van der Waals surface area contributed by atoms with Gasteiger partial charge >= 0.3 is 0 Å². The maximum atomic E-state index is 5.59. The van der Waals surface area contributed by atoms with Gasteiger partial charge in [0.2, 0.25) is 0 Å². The van der Waals surface area contributed by atoms with Crippen molar-refractivity contribution in [1.29, 1.82) is 0 Å². The minimum atomic E-state index is 0.446. The van der Waals surface area contributed by atoms with Gasteiger partial charge < -0.3 is 14.8 Å². The van der Waals surface area contributed by atoms with Crippen molar-refractivity contribution in [3.8, 4) is 11.5 Å². The minimum Gasteiger partial charge on any atom is -0.486 e. The average molecular weight is 341 g/mol. The molecule has 124 valence electrons. The van der Waals surface area contributed by atoms with Gasteiger partial charge in [0, 0.05) is 11.3 Å². The van der Waals surface area contributed by atoms with Gasteiger partial charge in [-0.15, -0.1) is 0 Å². The van der Waals surface area contributed by atoms with Gasteiger partial charge in [-0.1, -0.05) is 18.2 Å². The number of thiocarbonyl (C=S) groups is 1. The summed E-state index contributed by atoms with van der Waals surface area (Å²) in [7, 11) is 0. The standard InChI is InChI=1S/C18H19N3O2S/c1-12-5-3-4-6-15(12)19-18(24)21-20-13(2)14-7-8-16-17(11-14)23-10-9-22-16/h3-8,11H,9-10H2,1-2H3,(H2,19,21,24)/b20-13-. The van der Waals surface area contributed by atoms with Crippen molar-refractivity contribution in [1.82, 2.24) is 5.43 Å². The third-order valence-electron chi connectivity index (χ3n) is 3.68. The highest BCUT2D eigenvalue weighted by Crippen LogP contribution is 2.30. The van der Waals surface area contributed by atoms with Crippen LogP contribution in [0.4, 0.5) is 5.69 Å². The van der Waals surface area contributed by atoms with Gasteiger partial charge in [0.15, 0.2) is 16.6 Å². The molecule has 2 aromatic carbocycles. The molecule has 24 heavy (non-hydrogen) atoms. The quantitative estimate of drug-likeness (QED) is 0.509. The van der Waals surface area contributed by atoms with Crippen LogP contribution in [0.2, 0.25) is 0 Å². The second kappa shape index (κ2) is 7.31. The number of ether oxygens (including phenoxy) is 2. The Hall–Kier alpha value is -2.60. The van der Waals surface area contributed by atoms with Crippen LogP contribution in [0.3, 0.4) is 0 Å². The van der Waals surface area contributed by atoms with E-state index in [0.29, 0.717) is 18.3 Å². The van der Waals surface area contributed by atoms with Crippen LogP contribution in [0.5, 0.6) is 11.5 Å². The van der Waals surface area contributed by atoms with E-state index in [-0.39, 0.29) is 0 Å². The normalized spacial score (nSPS) is 13.3. The van der Waals surface area contributed by atoms with E-state index < -0.39 is 0 Å². The lowest BCUT2D eigenvalue weighted by molar-refractivity contribution is 0.171. The van der Waals surface area contributed by atoms with Crippen LogP contribution < -0.4 is 20.2 Å². The van der Waals surface area contributed by atoms with Crippen molar-refractivity contribution >= 4 is 28.7 Å². The molecule has 2 aromatic rings. The molecule has 0 aliphatic carbocycles. The molecule has 2 N–H and O–H groups in total. The summed E-state index contributed by atoms with van der Waals surface area (Å²) in [6.45, 7) is 5.08. The van der Waals surface area contributed by atoms with E-state index in [1.54, 1.807) is 0 Å². The van der Waals surface area contributed by atoms with Crippen LogP contribution in [0.1, 0.15) is 18.1 Å². The summed E-state index contributed by atoms with van der Waals surface area (Å²) < 4.78 is 11.1. The van der Waals surface area contributed by atoms with Crippen molar-refractivity contribution in [2.75, 3.05) is 18.5 Å². The number of hydrogen-bond donors (Lipinski definition) is 2. The number of fused-ring (bicyclic) bond motifs is 1. The predicted molar refractivity (Wildman–Crippen MR) is 100 cm³/mol. The lowest BCUT2D eigenvalue weighted by Crippen LogP contribution is -2.25. The number of nitrogens with one attached hydrogen (secondary N) is 2. The van der Waals surface area contributed by atoms with Crippen molar-refractivity contribution in [3.05, 3.63) is 53.6 Å². The number of anilines is 1. The molecule has 0 bridgehead atoms. The molecule has 0 amide bonds. The summed E-state index contributed by atoms with van der Waals surface area (Å²) in [5.41, 5.74) is 6.71. The Labute approximate surface area is 146 Å². The summed E-state index contributed by atoms with van der Waals surface area (Å²) in [5.74, 6) is 1.51. The van der Waals surface area contributed by atoms with E-state index >= 15 is 0 Å². The van der Waals surface area contributed by atoms with E-state index in [0.717, 1.165) is 34.0 Å². The maximum absolute atomic E-state index is 5.59. The molecule has 0 fully saturated rings. The van der Waals surface area contributed by atoms with E-state index in [2.05, 4.69) is 15.8 Å². The fourth-order valence-electron chi connectivity index (χ4n) is 2.33. The Balaban J connectivity index is 1.65. The van der Waals surface area contributed by atoms with Crippen LogP contribution >= 0.6 is 12.2 Å². The fraction of sp³-hybridized carbons (Fsp3) is 0.222. The molecule has 0 saturated heterocycles. The summed E-state index contributed by atoms with van der Waals surface area (Å²) >= 11 is 5.29. The first-order valence-electron chi connectivity index (χ1n) is 7.70. The molecule has 1 heterocycles. The van der Waals surface area contributed by atoms with Crippen molar-refractivity contribution in [3.63, 3.8) is 0 Å². The highest BCUT2D eigenvalue weighted by Gasteiger charge is 2.12. The summed E-state index contributed by atoms with van der Waals surface area (Å²) in [6, 6.07) is 13.7. The minimum absolute atomic E-state index is 0.446. The van der Waals surface area contributed by atoms with Crippen molar-refractivity contribution < 1.29 is 9.47 Å². The number of rotatable bonds is 3. The fourth-order valence-corrected chi connectivity index (χ4v) is 2.49. The molecule has 0 atom stereocenters. The molecular formula is C18H19N3O2S. The zero-order valence-corrected chi connectivity index (χ0v) is 14.4. The first kappa shape index (κ1) is 16.3. The molecule has 0 unspecified atom stereocenters. The topological polar surface area (TPSA) is 54.9 Å². The predicted octanol–water partition coefficient (Wildman–Crippen LogP) is 3.48.